The van der Waals surface area contributed by atoms with Gasteiger partial charge in [-0.05, 0) is 30.7 Å². The van der Waals surface area contributed by atoms with Crippen LogP contribution < -0.4 is 4.74 Å². The minimum atomic E-state index is -0.516. The van der Waals surface area contributed by atoms with Gasteiger partial charge in [-0.1, -0.05) is 30.3 Å². The average molecular weight is 370 g/mol. The van der Waals surface area contributed by atoms with Crippen LogP contribution >= 0.6 is 0 Å². The number of rotatable bonds is 5. The minimum Gasteiger partial charge on any atom is -0.493 e. The van der Waals surface area contributed by atoms with Crippen molar-refractivity contribution in [3.63, 3.8) is 0 Å². The van der Waals surface area contributed by atoms with Crippen molar-refractivity contribution in [1.29, 1.82) is 0 Å². The Labute approximate surface area is 158 Å². The van der Waals surface area contributed by atoms with Gasteiger partial charge in [-0.3, -0.25) is 9.59 Å². The third-order valence-corrected chi connectivity index (χ3v) is 4.57. The lowest BCUT2D eigenvalue weighted by atomic mass is 10.2. The maximum atomic E-state index is 13.9. The zero-order valence-electron chi connectivity index (χ0n) is 15.1. The van der Waals surface area contributed by atoms with Gasteiger partial charge in [0.1, 0.15) is 11.6 Å². The van der Waals surface area contributed by atoms with Crippen LogP contribution in [-0.4, -0.2) is 54.4 Å². The van der Waals surface area contributed by atoms with E-state index in [0.717, 1.165) is 5.75 Å². The number of hydrogen-bond acceptors (Lipinski definition) is 3. The fourth-order valence-corrected chi connectivity index (χ4v) is 3.11. The van der Waals surface area contributed by atoms with Gasteiger partial charge in [-0.2, -0.15) is 0 Å². The molecule has 2 aromatic rings. The summed E-state index contributed by atoms with van der Waals surface area (Å²) in [4.78, 5) is 28.3. The summed E-state index contributed by atoms with van der Waals surface area (Å²) in [5.41, 5.74) is 0.0773. The van der Waals surface area contributed by atoms with Gasteiger partial charge < -0.3 is 14.5 Å². The number of benzene rings is 2. The third kappa shape index (κ3) is 5.06. The van der Waals surface area contributed by atoms with Gasteiger partial charge in [0.25, 0.3) is 5.91 Å². The predicted molar refractivity (Wildman–Crippen MR) is 100 cm³/mol. The summed E-state index contributed by atoms with van der Waals surface area (Å²) in [6, 6.07) is 15.4. The van der Waals surface area contributed by atoms with E-state index in [-0.39, 0.29) is 23.8 Å². The molecule has 1 saturated heterocycles. The van der Waals surface area contributed by atoms with E-state index in [2.05, 4.69) is 0 Å². The molecule has 1 heterocycles. The normalized spacial score (nSPS) is 14.6. The molecule has 1 aliphatic heterocycles. The summed E-state index contributed by atoms with van der Waals surface area (Å²) in [5.74, 6) is -0.0958. The van der Waals surface area contributed by atoms with Crippen molar-refractivity contribution >= 4 is 11.8 Å². The molecule has 5 nitrogen and oxygen atoms in total. The molecule has 0 atom stereocenters. The number of nitrogens with zero attached hydrogens (tertiary/aromatic N) is 2. The molecule has 0 unspecified atom stereocenters. The molecule has 0 N–H and O–H groups in total. The maximum Gasteiger partial charge on any atom is 0.256 e. The smallest absolute Gasteiger partial charge is 0.256 e. The summed E-state index contributed by atoms with van der Waals surface area (Å²) < 4.78 is 19.4. The highest BCUT2D eigenvalue weighted by molar-refractivity contribution is 5.94. The highest BCUT2D eigenvalue weighted by Crippen LogP contribution is 2.13. The Kier molecular flexibility index (Phi) is 6.41. The molecular weight excluding hydrogens is 347 g/mol. The minimum absolute atomic E-state index is 0.00567. The topological polar surface area (TPSA) is 49.9 Å². The van der Waals surface area contributed by atoms with E-state index >= 15 is 0 Å². The van der Waals surface area contributed by atoms with Crippen molar-refractivity contribution < 1.29 is 18.7 Å². The first-order chi connectivity index (χ1) is 13.1. The van der Waals surface area contributed by atoms with E-state index in [1.807, 2.05) is 30.3 Å². The van der Waals surface area contributed by atoms with Crippen LogP contribution in [0.2, 0.25) is 0 Å². The Hall–Kier alpha value is -2.89. The fourth-order valence-electron chi connectivity index (χ4n) is 3.11. The van der Waals surface area contributed by atoms with Gasteiger partial charge in [0, 0.05) is 26.2 Å². The summed E-state index contributed by atoms with van der Waals surface area (Å²) in [7, 11) is 0. The summed E-state index contributed by atoms with van der Waals surface area (Å²) in [6.45, 7) is 2.27. The quantitative estimate of drug-likeness (QED) is 0.813. The summed E-state index contributed by atoms with van der Waals surface area (Å²) in [6.07, 6.45) is 0.960. The Morgan fingerprint density at radius 3 is 2.33 bits per heavy atom. The van der Waals surface area contributed by atoms with Crippen molar-refractivity contribution in [3.8, 4) is 5.75 Å². The van der Waals surface area contributed by atoms with Gasteiger partial charge in [-0.15, -0.1) is 0 Å². The van der Waals surface area contributed by atoms with Gasteiger partial charge in [0.15, 0.2) is 0 Å². The SMILES string of the molecule is O=C(CCOc1ccccc1)N1CCCN(C(=O)c2ccccc2F)CC1. The molecule has 0 aromatic heterocycles. The van der Waals surface area contributed by atoms with E-state index in [0.29, 0.717) is 39.2 Å². The van der Waals surface area contributed by atoms with Gasteiger partial charge in [0.05, 0.1) is 18.6 Å². The van der Waals surface area contributed by atoms with Crippen LogP contribution in [-0.2, 0) is 4.79 Å². The third-order valence-electron chi connectivity index (χ3n) is 4.57. The molecule has 1 fully saturated rings. The number of amides is 2. The molecule has 2 aromatic carbocycles. The van der Waals surface area contributed by atoms with Crippen molar-refractivity contribution in [3.05, 3.63) is 66.0 Å². The first-order valence-electron chi connectivity index (χ1n) is 9.14. The second-order valence-electron chi connectivity index (χ2n) is 6.42. The average Bonchev–Trinajstić information content (AvgIpc) is 2.95. The molecular formula is C21H23FN2O3. The van der Waals surface area contributed by atoms with Crippen LogP contribution in [0.1, 0.15) is 23.2 Å². The molecule has 0 spiro atoms. The van der Waals surface area contributed by atoms with Gasteiger partial charge >= 0.3 is 0 Å². The number of para-hydroxylation sites is 1. The Morgan fingerprint density at radius 2 is 1.56 bits per heavy atom. The van der Waals surface area contributed by atoms with Crippen LogP contribution in [0.3, 0.4) is 0 Å². The van der Waals surface area contributed by atoms with Crippen molar-refractivity contribution in [1.82, 2.24) is 9.80 Å². The van der Waals surface area contributed by atoms with E-state index in [9.17, 15) is 14.0 Å². The lowest BCUT2D eigenvalue weighted by Crippen LogP contribution is -2.38. The zero-order chi connectivity index (χ0) is 19.1. The molecule has 142 valence electrons. The monoisotopic (exact) mass is 370 g/mol. The highest BCUT2D eigenvalue weighted by atomic mass is 19.1. The standard InChI is InChI=1S/C21H23FN2O3/c22-19-10-5-4-9-18(19)21(26)24-13-6-12-23(14-15-24)20(25)11-16-27-17-7-2-1-3-8-17/h1-5,7-10H,6,11-16H2. The van der Waals surface area contributed by atoms with E-state index in [1.54, 1.807) is 21.9 Å². The van der Waals surface area contributed by atoms with Crippen LogP contribution in [0.5, 0.6) is 5.75 Å². The first-order valence-corrected chi connectivity index (χ1v) is 9.14. The highest BCUT2D eigenvalue weighted by Gasteiger charge is 2.24. The van der Waals surface area contributed by atoms with Crippen molar-refractivity contribution in [2.24, 2.45) is 0 Å². The lowest BCUT2D eigenvalue weighted by molar-refractivity contribution is -0.131. The van der Waals surface area contributed by atoms with Gasteiger partial charge in [0.2, 0.25) is 5.91 Å². The molecule has 2 amide bonds. The maximum absolute atomic E-state index is 13.9. The van der Waals surface area contributed by atoms with Gasteiger partial charge in [-0.25, -0.2) is 4.39 Å². The molecule has 1 aliphatic rings. The number of carbonyl (C=O) groups excluding carboxylic acids is 2. The summed E-state index contributed by atoms with van der Waals surface area (Å²) >= 11 is 0. The van der Waals surface area contributed by atoms with Crippen LogP contribution in [0.15, 0.2) is 54.6 Å². The van der Waals surface area contributed by atoms with Crippen LogP contribution in [0, 0.1) is 5.82 Å². The number of ether oxygens (including phenoxy) is 1. The summed E-state index contributed by atoms with van der Waals surface area (Å²) in [5, 5.41) is 0. The second-order valence-corrected chi connectivity index (χ2v) is 6.42. The molecule has 0 bridgehead atoms. The predicted octanol–water partition coefficient (Wildman–Crippen LogP) is 2.97. The Morgan fingerprint density at radius 1 is 0.889 bits per heavy atom. The molecule has 6 heteroatoms. The lowest BCUT2D eigenvalue weighted by Gasteiger charge is -2.22. The first kappa shape index (κ1) is 18.9. The van der Waals surface area contributed by atoms with E-state index in [1.165, 1.54) is 12.1 Å². The number of halogens is 1. The van der Waals surface area contributed by atoms with Crippen LogP contribution in [0.25, 0.3) is 0 Å². The molecule has 27 heavy (non-hydrogen) atoms. The molecule has 0 radical (unpaired) electrons. The fraction of sp³-hybridized carbons (Fsp3) is 0.333. The van der Waals surface area contributed by atoms with E-state index < -0.39 is 5.82 Å². The molecule has 0 saturated carbocycles. The Balaban J connectivity index is 1.49. The zero-order valence-corrected chi connectivity index (χ0v) is 15.1. The molecule has 0 aliphatic carbocycles. The number of hydrogen-bond donors (Lipinski definition) is 0. The van der Waals surface area contributed by atoms with Crippen molar-refractivity contribution in [2.45, 2.75) is 12.8 Å². The van der Waals surface area contributed by atoms with Crippen molar-refractivity contribution in [2.75, 3.05) is 32.8 Å². The van der Waals surface area contributed by atoms with E-state index in [4.69, 9.17) is 4.74 Å². The largest absolute Gasteiger partial charge is 0.493 e. The van der Waals surface area contributed by atoms with Crippen LogP contribution in [0.4, 0.5) is 4.39 Å². The number of carbonyl (C=O) groups is 2. The Bertz CT molecular complexity index is 782. The second kappa shape index (κ2) is 9.16. The molecule has 3 rings (SSSR count).